The lowest BCUT2D eigenvalue weighted by Crippen LogP contribution is -2.38. The number of carbonyl (C=O) groups excluding carboxylic acids is 1. The zero-order valence-electron chi connectivity index (χ0n) is 15.6. The summed E-state index contributed by atoms with van der Waals surface area (Å²) in [6.45, 7) is 3.82. The van der Waals surface area contributed by atoms with Gasteiger partial charge < -0.3 is 10.2 Å². The minimum atomic E-state index is -4.39. The lowest BCUT2D eigenvalue weighted by Gasteiger charge is -2.22. The molecule has 28 heavy (non-hydrogen) atoms. The van der Waals surface area contributed by atoms with Crippen molar-refractivity contribution >= 4 is 11.6 Å². The first-order valence-corrected chi connectivity index (χ1v) is 9.37. The van der Waals surface area contributed by atoms with E-state index in [2.05, 4.69) is 22.3 Å². The maximum absolute atomic E-state index is 12.8. The number of hydrogen-bond donors (Lipinski definition) is 1. The molecule has 1 aliphatic rings. The van der Waals surface area contributed by atoms with Gasteiger partial charge in [-0.1, -0.05) is 36.4 Å². The van der Waals surface area contributed by atoms with E-state index in [1.807, 2.05) is 18.2 Å². The lowest BCUT2D eigenvalue weighted by molar-refractivity contribution is -0.137. The highest BCUT2D eigenvalue weighted by atomic mass is 19.4. The zero-order valence-corrected chi connectivity index (χ0v) is 15.6. The van der Waals surface area contributed by atoms with Crippen molar-refractivity contribution in [2.75, 3.05) is 38.0 Å². The number of anilines is 1. The van der Waals surface area contributed by atoms with Gasteiger partial charge in [-0.2, -0.15) is 13.2 Å². The highest BCUT2D eigenvalue weighted by Gasteiger charge is 2.30. The molecule has 0 bridgehead atoms. The van der Waals surface area contributed by atoms with Gasteiger partial charge >= 0.3 is 6.18 Å². The average molecular weight is 391 g/mol. The molecule has 0 atom stereocenters. The fourth-order valence-electron chi connectivity index (χ4n) is 3.32. The topological polar surface area (TPSA) is 35.6 Å². The fraction of sp³-hybridized carbons (Fsp3) is 0.381. The van der Waals surface area contributed by atoms with E-state index >= 15 is 0 Å². The summed E-state index contributed by atoms with van der Waals surface area (Å²) >= 11 is 0. The van der Waals surface area contributed by atoms with Crippen molar-refractivity contribution in [1.29, 1.82) is 0 Å². The molecule has 7 heteroatoms. The Morgan fingerprint density at radius 3 is 2.50 bits per heavy atom. The number of alkyl halides is 3. The number of benzene rings is 2. The Morgan fingerprint density at radius 2 is 1.75 bits per heavy atom. The SMILES string of the molecule is O=C(CNc1cccc(C(F)(F)F)c1)N1CCCN(Cc2ccccc2)CC1. The number of nitrogens with one attached hydrogen (secondary N) is 1. The largest absolute Gasteiger partial charge is 0.416 e. The minimum Gasteiger partial charge on any atom is -0.376 e. The Kier molecular flexibility index (Phi) is 6.57. The molecule has 150 valence electrons. The van der Waals surface area contributed by atoms with Gasteiger partial charge in [-0.15, -0.1) is 0 Å². The summed E-state index contributed by atoms with van der Waals surface area (Å²) in [4.78, 5) is 16.6. The maximum Gasteiger partial charge on any atom is 0.416 e. The highest BCUT2D eigenvalue weighted by Crippen LogP contribution is 2.30. The maximum atomic E-state index is 12.8. The van der Waals surface area contributed by atoms with E-state index in [-0.39, 0.29) is 12.5 Å². The number of halogens is 3. The first kappa shape index (κ1) is 20.2. The van der Waals surface area contributed by atoms with Crippen LogP contribution in [0.25, 0.3) is 0 Å². The van der Waals surface area contributed by atoms with Gasteiger partial charge in [0.1, 0.15) is 0 Å². The molecule has 1 aliphatic heterocycles. The molecule has 0 radical (unpaired) electrons. The molecule has 0 saturated carbocycles. The number of nitrogens with zero attached hydrogens (tertiary/aromatic N) is 2. The molecule has 1 saturated heterocycles. The van der Waals surface area contributed by atoms with Crippen LogP contribution in [0.5, 0.6) is 0 Å². The van der Waals surface area contributed by atoms with Gasteiger partial charge in [0, 0.05) is 38.4 Å². The Morgan fingerprint density at radius 1 is 0.964 bits per heavy atom. The van der Waals surface area contributed by atoms with Crippen LogP contribution in [0.15, 0.2) is 54.6 Å². The summed E-state index contributed by atoms with van der Waals surface area (Å²) in [6.07, 6.45) is -3.52. The van der Waals surface area contributed by atoms with Gasteiger partial charge in [0.2, 0.25) is 5.91 Å². The Labute approximate surface area is 162 Å². The van der Waals surface area contributed by atoms with Gasteiger partial charge in [-0.05, 0) is 30.2 Å². The van der Waals surface area contributed by atoms with Crippen LogP contribution in [0.1, 0.15) is 17.5 Å². The molecule has 1 fully saturated rings. The standard InChI is InChI=1S/C21H24F3N3O/c22-21(23,24)18-8-4-9-19(14-18)25-15-20(28)27-11-5-10-26(12-13-27)16-17-6-2-1-3-7-17/h1-4,6-9,14,25H,5,10-13,15-16H2. The average Bonchev–Trinajstić information content (AvgIpc) is 2.92. The number of carbonyl (C=O) groups is 1. The summed E-state index contributed by atoms with van der Waals surface area (Å²) in [7, 11) is 0. The van der Waals surface area contributed by atoms with Crippen molar-refractivity contribution in [3.63, 3.8) is 0 Å². The summed E-state index contributed by atoms with van der Waals surface area (Å²) in [5, 5.41) is 2.82. The molecular formula is C21H24F3N3O. The second-order valence-electron chi connectivity index (χ2n) is 6.93. The second-order valence-corrected chi connectivity index (χ2v) is 6.93. The van der Waals surface area contributed by atoms with E-state index in [4.69, 9.17) is 0 Å². The smallest absolute Gasteiger partial charge is 0.376 e. The molecular weight excluding hydrogens is 367 g/mol. The molecule has 0 aromatic heterocycles. The van der Waals surface area contributed by atoms with Gasteiger partial charge in [0.25, 0.3) is 0 Å². The summed E-state index contributed by atoms with van der Waals surface area (Å²) in [6, 6.07) is 15.1. The van der Waals surface area contributed by atoms with Crippen LogP contribution >= 0.6 is 0 Å². The van der Waals surface area contributed by atoms with Crippen LogP contribution in [0, 0.1) is 0 Å². The van der Waals surface area contributed by atoms with Crippen molar-refractivity contribution in [1.82, 2.24) is 9.80 Å². The van der Waals surface area contributed by atoms with Crippen molar-refractivity contribution in [3.8, 4) is 0 Å². The van der Waals surface area contributed by atoms with Crippen LogP contribution in [-0.2, 0) is 17.5 Å². The molecule has 1 heterocycles. The quantitative estimate of drug-likeness (QED) is 0.841. The molecule has 3 rings (SSSR count). The lowest BCUT2D eigenvalue weighted by atomic mass is 10.2. The summed E-state index contributed by atoms with van der Waals surface area (Å²) < 4.78 is 38.4. The molecule has 2 aromatic carbocycles. The van der Waals surface area contributed by atoms with E-state index in [1.165, 1.54) is 17.7 Å². The Hall–Kier alpha value is -2.54. The van der Waals surface area contributed by atoms with Crippen molar-refractivity contribution in [2.24, 2.45) is 0 Å². The molecule has 1 N–H and O–H groups in total. The Bertz CT molecular complexity index is 780. The molecule has 0 aliphatic carbocycles. The fourth-order valence-corrected chi connectivity index (χ4v) is 3.32. The Balaban J connectivity index is 1.50. The predicted molar refractivity (Wildman–Crippen MR) is 103 cm³/mol. The van der Waals surface area contributed by atoms with E-state index in [0.29, 0.717) is 18.8 Å². The molecule has 0 spiro atoms. The zero-order chi connectivity index (χ0) is 20.0. The van der Waals surface area contributed by atoms with E-state index < -0.39 is 11.7 Å². The summed E-state index contributed by atoms with van der Waals surface area (Å²) in [5.41, 5.74) is 0.813. The first-order valence-electron chi connectivity index (χ1n) is 9.37. The first-order chi connectivity index (χ1) is 13.4. The van der Waals surface area contributed by atoms with E-state index in [9.17, 15) is 18.0 Å². The molecule has 0 unspecified atom stereocenters. The van der Waals surface area contributed by atoms with Crippen molar-refractivity contribution in [2.45, 2.75) is 19.1 Å². The molecule has 4 nitrogen and oxygen atoms in total. The predicted octanol–water partition coefficient (Wildman–Crippen LogP) is 3.85. The van der Waals surface area contributed by atoms with Gasteiger partial charge in [-0.25, -0.2) is 0 Å². The summed E-state index contributed by atoms with van der Waals surface area (Å²) in [5.74, 6) is -0.0982. The third-order valence-electron chi connectivity index (χ3n) is 4.82. The van der Waals surface area contributed by atoms with Crippen LogP contribution in [0.3, 0.4) is 0 Å². The number of rotatable bonds is 5. The second kappa shape index (κ2) is 9.10. The van der Waals surface area contributed by atoms with Crippen molar-refractivity contribution in [3.05, 3.63) is 65.7 Å². The number of hydrogen-bond acceptors (Lipinski definition) is 3. The van der Waals surface area contributed by atoms with E-state index in [0.717, 1.165) is 38.2 Å². The third-order valence-corrected chi connectivity index (χ3v) is 4.82. The van der Waals surface area contributed by atoms with Gasteiger partial charge in [0.05, 0.1) is 12.1 Å². The highest BCUT2D eigenvalue weighted by molar-refractivity contribution is 5.81. The van der Waals surface area contributed by atoms with Crippen molar-refractivity contribution < 1.29 is 18.0 Å². The molecule has 2 aromatic rings. The van der Waals surface area contributed by atoms with Gasteiger partial charge in [-0.3, -0.25) is 9.69 Å². The van der Waals surface area contributed by atoms with E-state index in [1.54, 1.807) is 4.90 Å². The van der Waals surface area contributed by atoms with Crippen LogP contribution < -0.4 is 5.32 Å². The van der Waals surface area contributed by atoms with Crippen LogP contribution in [0.2, 0.25) is 0 Å². The van der Waals surface area contributed by atoms with Gasteiger partial charge in [0.15, 0.2) is 0 Å². The molecule has 1 amide bonds. The minimum absolute atomic E-state index is 0.0139. The normalized spacial score (nSPS) is 15.9. The third kappa shape index (κ3) is 5.73. The number of amides is 1. The van der Waals surface area contributed by atoms with Crippen LogP contribution in [-0.4, -0.2) is 48.4 Å². The van der Waals surface area contributed by atoms with Crippen LogP contribution in [0.4, 0.5) is 18.9 Å². The monoisotopic (exact) mass is 391 g/mol.